The third-order valence-corrected chi connectivity index (χ3v) is 4.48. The molecule has 0 bridgehead atoms. The number of anilines is 1. The fourth-order valence-corrected chi connectivity index (χ4v) is 3.42. The molecule has 1 aromatic rings. The maximum absolute atomic E-state index is 12.2. The van der Waals surface area contributed by atoms with Crippen molar-refractivity contribution in [3.05, 3.63) is 29.8 Å². The van der Waals surface area contributed by atoms with Crippen LogP contribution in [-0.2, 0) is 4.79 Å². The van der Waals surface area contributed by atoms with Gasteiger partial charge in [-0.1, -0.05) is 32.0 Å². The van der Waals surface area contributed by atoms with Gasteiger partial charge in [-0.05, 0) is 41.9 Å². The van der Waals surface area contributed by atoms with Gasteiger partial charge >= 0.3 is 0 Å². The van der Waals surface area contributed by atoms with E-state index in [-0.39, 0.29) is 11.8 Å². The molecule has 2 nitrogen and oxygen atoms in total. The van der Waals surface area contributed by atoms with Gasteiger partial charge in [-0.15, -0.1) is 0 Å². The van der Waals surface area contributed by atoms with Crippen molar-refractivity contribution in [2.75, 3.05) is 16.8 Å². The molecule has 98 valence electrons. The molecule has 0 unspecified atom stereocenters. The molecule has 18 heavy (non-hydrogen) atoms. The summed E-state index contributed by atoms with van der Waals surface area (Å²) in [5, 5.41) is 3.11. The van der Waals surface area contributed by atoms with Crippen LogP contribution in [0.5, 0.6) is 0 Å². The molecular weight excluding hydrogens is 242 g/mol. The minimum absolute atomic E-state index is 0.198. The Hall–Kier alpha value is -0.960. The fraction of sp³-hybridized carbons (Fsp3) is 0.533. The van der Waals surface area contributed by atoms with Crippen LogP contribution in [0.15, 0.2) is 24.3 Å². The summed E-state index contributed by atoms with van der Waals surface area (Å²) in [6, 6.07) is 8.11. The minimum atomic E-state index is 0.198. The van der Waals surface area contributed by atoms with Crippen LogP contribution in [-0.4, -0.2) is 17.4 Å². The van der Waals surface area contributed by atoms with Crippen molar-refractivity contribution in [2.24, 2.45) is 5.92 Å². The van der Waals surface area contributed by atoms with Crippen molar-refractivity contribution in [1.82, 2.24) is 0 Å². The summed E-state index contributed by atoms with van der Waals surface area (Å²) in [7, 11) is 0. The zero-order valence-corrected chi connectivity index (χ0v) is 11.9. The molecule has 1 amide bonds. The van der Waals surface area contributed by atoms with Gasteiger partial charge in [0.1, 0.15) is 0 Å². The Morgan fingerprint density at radius 3 is 2.61 bits per heavy atom. The van der Waals surface area contributed by atoms with Crippen molar-refractivity contribution in [3.8, 4) is 0 Å². The first-order valence-electron chi connectivity index (χ1n) is 6.66. The Kier molecular flexibility index (Phi) is 4.70. The van der Waals surface area contributed by atoms with Crippen molar-refractivity contribution in [2.45, 2.75) is 32.6 Å². The molecule has 1 heterocycles. The molecule has 0 aliphatic carbocycles. The average molecular weight is 263 g/mol. The van der Waals surface area contributed by atoms with Crippen LogP contribution in [0.1, 0.15) is 38.2 Å². The Morgan fingerprint density at radius 1 is 1.28 bits per heavy atom. The number of benzene rings is 1. The van der Waals surface area contributed by atoms with Gasteiger partial charge in [0.2, 0.25) is 5.91 Å². The van der Waals surface area contributed by atoms with Crippen LogP contribution in [0.2, 0.25) is 0 Å². The third-order valence-electron chi connectivity index (χ3n) is 3.43. The lowest BCUT2D eigenvalue weighted by Gasteiger charge is -2.22. The summed E-state index contributed by atoms with van der Waals surface area (Å²) in [4.78, 5) is 12.2. The summed E-state index contributed by atoms with van der Waals surface area (Å²) in [5.74, 6) is 3.06. The van der Waals surface area contributed by atoms with Crippen LogP contribution < -0.4 is 5.32 Å². The Bertz CT molecular complexity index is 411. The first-order chi connectivity index (χ1) is 8.68. The van der Waals surface area contributed by atoms with Gasteiger partial charge in [0.25, 0.3) is 0 Å². The number of thioether (sulfide) groups is 1. The molecule has 2 rings (SSSR count). The zero-order chi connectivity index (χ0) is 13.0. The molecule has 0 saturated carbocycles. The SMILES string of the molecule is CC(C)c1ccccc1NC(=O)C1CCSCC1. The van der Waals surface area contributed by atoms with Crippen LogP contribution in [0.3, 0.4) is 0 Å². The van der Waals surface area contributed by atoms with E-state index >= 15 is 0 Å². The molecular formula is C15H21NOS. The number of carbonyl (C=O) groups is 1. The maximum Gasteiger partial charge on any atom is 0.227 e. The highest BCUT2D eigenvalue weighted by Crippen LogP contribution is 2.27. The molecule has 1 fully saturated rings. The van der Waals surface area contributed by atoms with Crippen LogP contribution in [0, 0.1) is 5.92 Å². The third kappa shape index (κ3) is 3.29. The van der Waals surface area contributed by atoms with Gasteiger partial charge in [0, 0.05) is 11.6 Å². The first-order valence-corrected chi connectivity index (χ1v) is 7.81. The number of rotatable bonds is 3. The molecule has 1 aliphatic rings. The normalized spacial score (nSPS) is 16.8. The summed E-state index contributed by atoms with van der Waals surface area (Å²) in [5.41, 5.74) is 2.20. The molecule has 3 heteroatoms. The highest BCUT2D eigenvalue weighted by atomic mass is 32.2. The predicted molar refractivity (Wildman–Crippen MR) is 79.2 cm³/mol. The van der Waals surface area contributed by atoms with Crippen molar-refractivity contribution >= 4 is 23.4 Å². The second-order valence-corrected chi connectivity index (χ2v) is 6.34. The number of amides is 1. The number of para-hydroxylation sites is 1. The second kappa shape index (κ2) is 6.28. The van der Waals surface area contributed by atoms with Gasteiger partial charge in [-0.3, -0.25) is 4.79 Å². The van der Waals surface area contributed by atoms with E-state index in [4.69, 9.17) is 0 Å². The first kappa shape index (κ1) is 13.5. The topological polar surface area (TPSA) is 29.1 Å². The van der Waals surface area contributed by atoms with E-state index in [0.29, 0.717) is 5.92 Å². The number of carbonyl (C=O) groups excluding carboxylic acids is 1. The van der Waals surface area contributed by atoms with Crippen molar-refractivity contribution < 1.29 is 4.79 Å². The Morgan fingerprint density at radius 2 is 1.94 bits per heavy atom. The molecule has 0 radical (unpaired) electrons. The van der Waals surface area contributed by atoms with Gasteiger partial charge < -0.3 is 5.32 Å². The van der Waals surface area contributed by atoms with E-state index in [0.717, 1.165) is 30.0 Å². The highest BCUT2D eigenvalue weighted by Gasteiger charge is 2.22. The standard InChI is InChI=1S/C15H21NOS/c1-11(2)13-5-3-4-6-14(13)16-15(17)12-7-9-18-10-8-12/h3-6,11-12H,7-10H2,1-2H3,(H,16,17). The zero-order valence-electron chi connectivity index (χ0n) is 11.1. The Labute approximate surface area is 114 Å². The lowest BCUT2D eigenvalue weighted by Crippen LogP contribution is -2.26. The average Bonchev–Trinajstić information content (AvgIpc) is 2.40. The second-order valence-electron chi connectivity index (χ2n) is 5.12. The summed E-state index contributed by atoms with van der Waals surface area (Å²) >= 11 is 1.95. The molecule has 0 spiro atoms. The van der Waals surface area contributed by atoms with E-state index in [1.165, 1.54) is 5.56 Å². The molecule has 1 aliphatic heterocycles. The van der Waals surface area contributed by atoms with Gasteiger partial charge in [-0.2, -0.15) is 11.8 Å². The maximum atomic E-state index is 12.2. The fourth-order valence-electron chi connectivity index (χ4n) is 2.31. The van der Waals surface area contributed by atoms with E-state index in [9.17, 15) is 4.79 Å². The summed E-state index contributed by atoms with van der Waals surface area (Å²) in [6.45, 7) is 4.31. The number of hydrogen-bond acceptors (Lipinski definition) is 2. The molecule has 0 atom stereocenters. The van der Waals surface area contributed by atoms with Crippen LogP contribution in [0.25, 0.3) is 0 Å². The smallest absolute Gasteiger partial charge is 0.227 e. The number of hydrogen-bond donors (Lipinski definition) is 1. The quantitative estimate of drug-likeness (QED) is 0.896. The molecule has 1 aromatic carbocycles. The largest absolute Gasteiger partial charge is 0.326 e. The lowest BCUT2D eigenvalue weighted by molar-refractivity contribution is -0.120. The van der Waals surface area contributed by atoms with Crippen LogP contribution in [0.4, 0.5) is 5.69 Å². The summed E-state index contributed by atoms with van der Waals surface area (Å²) < 4.78 is 0. The van der Waals surface area contributed by atoms with E-state index in [1.807, 2.05) is 30.0 Å². The summed E-state index contributed by atoms with van der Waals surface area (Å²) in [6.07, 6.45) is 2.03. The van der Waals surface area contributed by atoms with Crippen molar-refractivity contribution in [3.63, 3.8) is 0 Å². The Balaban J connectivity index is 2.06. The van der Waals surface area contributed by atoms with E-state index in [1.54, 1.807) is 0 Å². The van der Waals surface area contributed by atoms with E-state index < -0.39 is 0 Å². The molecule has 0 aromatic heterocycles. The van der Waals surface area contributed by atoms with Crippen molar-refractivity contribution in [1.29, 1.82) is 0 Å². The molecule has 1 N–H and O–H groups in total. The van der Waals surface area contributed by atoms with Crippen LogP contribution >= 0.6 is 11.8 Å². The van der Waals surface area contributed by atoms with E-state index in [2.05, 4.69) is 25.2 Å². The van der Waals surface area contributed by atoms with Gasteiger partial charge in [0.05, 0.1) is 0 Å². The minimum Gasteiger partial charge on any atom is -0.326 e. The highest BCUT2D eigenvalue weighted by molar-refractivity contribution is 7.99. The van der Waals surface area contributed by atoms with Gasteiger partial charge in [-0.25, -0.2) is 0 Å². The van der Waals surface area contributed by atoms with Gasteiger partial charge in [0.15, 0.2) is 0 Å². The lowest BCUT2D eigenvalue weighted by atomic mass is 9.99. The number of nitrogens with one attached hydrogen (secondary N) is 1. The molecule has 1 saturated heterocycles. The monoisotopic (exact) mass is 263 g/mol. The predicted octanol–water partition coefficient (Wildman–Crippen LogP) is 3.89.